The van der Waals surface area contributed by atoms with Crippen LogP contribution in [0.4, 0.5) is 0 Å². The summed E-state index contributed by atoms with van der Waals surface area (Å²) in [6, 6.07) is 0. The van der Waals surface area contributed by atoms with Crippen molar-refractivity contribution in [2.45, 2.75) is 6.54 Å². The molecule has 0 spiro atoms. The first-order chi connectivity index (χ1) is 6.65. The van der Waals surface area contributed by atoms with Crippen LogP contribution in [0.25, 0.3) is 0 Å². The fraction of sp³-hybridized carbons (Fsp3) is 0.250. The summed E-state index contributed by atoms with van der Waals surface area (Å²) in [5.41, 5.74) is 5.72. The molecule has 14 heavy (non-hydrogen) atoms. The quantitative estimate of drug-likeness (QED) is 0.586. The van der Waals surface area contributed by atoms with E-state index in [1.165, 1.54) is 13.2 Å². The zero-order chi connectivity index (χ0) is 10.3. The minimum atomic E-state index is -0.401. The Morgan fingerprint density at radius 3 is 2.79 bits per heavy atom. The number of nitrogens with zero attached hydrogens (tertiary/aromatic N) is 3. The molecule has 1 aromatic heterocycles. The Bertz CT molecular complexity index is 429. The van der Waals surface area contributed by atoms with E-state index in [0.29, 0.717) is 5.82 Å². The summed E-state index contributed by atoms with van der Waals surface area (Å²) in [4.78, 5) is 31.6. The van der Waals surface area contributed by atoms with Gasteiger partial charge in [0, 0.05) is 13.2 Å². The molecule has 0 bridgehead atoms. The lowest BCUT2D eigenvalue weighted by Gasteiger charge is -2.01. The Morgan fingerprint density at radius 2 is 2.14 bits per heavy atom. The highest BCUT2D eigenvalue weighted by Gasteiger charge is 2.34. The van der Waals surface area contributed by atoms with E-state index in [1.54, 1.807) is 0 Å². The van der Waals surface area contributed by atoms with E-state index in [9.17, 15) is 9.59 Å². The highest BCUT2D eigenvalue weighted by molar-refractivity contribution is 6.19. The van der Waals surface area contributed by atoms with Gasteiger partial charge >= 0.3 is 0 Å². The van der Waals surface area contributed by atoms with Gasteiger partial charge in [-0.15, -0.1) is 0 Å². The molecule has 1 aliphatic heterocycles. The van der Waals surface area contributed by atoms with E-state index in [1.807, 2.05) is 0 Å². The molecule has 0 unspecified atom stereocenters. The van der Waals surface area contributed by atoms with Crippen molar-refractivity contribution in [1.29, 1.82) is 0 Å². The SMILES string of the molecule is CN1C(=O)c2cnc(CN)nc2C1=O. The second kappa shape index (κ2) is 2.85. The molecule has 0 aliphatic carbocycles. The largest absolute Gasteiger partial charge is 0.324 e. The molecule has 1 aliphatic rings. The van der Waals surface area contributed by atoms with E-state index >= 15 is 0 Å². The van der Waals surface area contributed by atoms with Gasteiger partial charge < -0.3 is 5.73 Å². The number of hydrogen-bond acceptors (Lipinski definition) is 5. The van der Waals surface area contributed by atoms with Crippen molar-refractivity contribution in [2.75, 3.05) is 7.05 Å². The summed E-state index contributed by atoms with van der Waals surface area (Å²) in [7, 11) is 1.41. The maximum absolute atomic E-state index is 11.4. The second-order valence-corrected chi connectivity index (χ2v) is 2.92. The lowest BCUT2D eigenvalue weighted by molar-refractivity contribution is 0.0691. The molecule has 6 nitrogen and oxygen atoms in total. The molecular formula is C8H8N4O2. The number of nitrogens with two attached hydrogens (primary N) is 1. The molecule has 6 heteroatoms. The summed E-state index contributed by atoms with van der Waals surface area (Å²) >= 11 is 0. The molecule has 2 amide bonds. The average Bonchev–Trinajstić information content (AvgIpc) is 2.44. The summed E-state index contributed by atoms with van der Waals surface area (Å²) in [6.45, 7) is 0.151. The van der Waals surface area contributed by atoms with Crippen LogP contribution in [0.1, 0.15) is 26.7 Å². The normalized spacial score (nSPS) is 14.9. The maximum Gasteiger partial charge on any atom is 0.280 e. The standard InChI is InChI=1S/C8H8N4O2/c1-12-7(13)4-3-10-5(2-9)11-6(4)8(12)14/h3H,2,9H2,1H3. The first-order valence-corrected chi connectivity index (χ1v) is 4.03. The smallest absolute Gasteiger partial charge is 0.280 e. The number of fused-ring (bicyclic) bond motifs is 1. The third-order valence-corrected chi connectivity index (χ3v) is 2.06. The van der Waals surface area contributed by atoms with Crippen molar-refractivity contribution >= 4 is 11.8 Å². The first kappa shape index (κ1) is 8.76. The van der Waals surface area contributed by atoms with Gasteiger partial charge in [0.05, 0.1) is 12.1 Å². The topological polar surface area (TPSA) is 89.2 Å². The van der Waals surface area contributed by atoms with Gasteiger partial charge in [0.15, 0.2) is 0 Å². The predicted octanol–water partition coefficient (Wildman–Crippen LogP) is -0.839. The number of rotatable bonds is 1. The van der Waals surface area contributed by atoms with E-state index in [2.05, 4.69) is 9.97 Å². The summed E-state index contributed by atoms with van der Waals surface area (Å²) in [5.74, 6) is -0.407. The lowest BCUT2D eigenvalue weighted by atomic mass is 10.2. The van der Waals surface area contributed by atoms with Gasteiger partial charge in [0.1, 0.15) is 11.5 Å². The molecule has 0 atom stereocenters. The van der Waals surface area contributed by atoms with Gasteiger partial charge in [-0.25, -0.2) is 9.97 Å². The minimum absolute atomic E-state index is 0.146. The number of imide groups is 1. The van der Waals surface area contributed by atoms with E-state index in [-0.39, 0.29) is 23.7 Å². The van der Waals surface area contributed by atoms with Crippen LogP contribution in [-0.4, -0.2) is 33.7 Å². The molecule has 0 aromatic carbocycles. The van der Waals surface area contributed by atoms with E-state index < -0.39 is 5.91 Å². The molecule has 2 N–H and O–H groups in total. The Morgan fingerprint density at radius 1 is 1.43 bits per heavy atom. The van der Waals surface area contributed by atoms with Gasteiger partial charge in [-0.2, -0.15) is 0 Å². The molecule has 72 valence electrons. The minimum Gasteiger partial charge on any atom is -0.324 e. The number of carbonyl (C=O) groups is 2. The van der Waals surface area contributed by atoms with E-state index in [0.717, 1.165) is 4.90 Å². The van der Waals surface area contributed by atoms with Crippen molar-refractivity contribution in [3.8, 4) is 0 Å². The van der Waals surface area contributed by atoms with Gasteiger partial charge in [-0.1, -0.05) is 0 Å². The Hall–Kier alpha value is -1.82. The van der Waals surface area contributed by atoms with Crippen molar-refractivity contribution in [2.24, 2.45) is 5.73 Å². The third-order valence-electron chi connectivity index (χ3n) is 2.06. The van der Waals surface area contributed by atoms with Crippen LogP contribution in [0.2, 0.25) is 0 Å². The van der Waals surface area contributed by atoms with Gasteiger partial charge in [-0.05, 0) is 0 Å². The maximum atomic E-state index is 11.4. The summed E-state index contributed by atoms with van der Waals surface area (Å²) in [6.07, 6.45) is 1.34. The lowest BCUT2D eigenvalue weighted by Crippen LogP contribution is -2.24. The van der Waals surface area contributed by atoms with Crippen LogP contribution in [0.3, 0.4) is 0 Å². The molecule has 2 heterocycles. The van der Waals surface area contributed by atoms with Gasteiger partial charge in [-0.3, -0.25) is 14.5 Å². The highest BCUT2D eigenvalue weighted by Crippen LogP contribution is 2.18. The summed E-state index contributed by atoms with van der Waals surface area (Å²) < 4.78 is 0. The monoisotopic (exact) mass is 192 g/mol. The number of amides is 2. The zero-order valence-electron chi connectivity index (χ0n) is 7.52. The van der Waals surface area contributed by atoms with Gasteiger partial charge in [0.2, 0.25) is 0 Å². The molecular weight excluding hydrogens is 184 g/mol. The Labute approximate surface area is 79.7 Å². The van der Waals surface area contributed by atoms with Crippen molar-refractivity contribution in [3.63, 3.8) is 0 Å². The molecule has 2 rings (SSSR count). The second-order valence-electron chi connectivity index (χ2n) is 2.92. The van der Waals surface area contributed by atoms with Crippen LogP contribution in [0.15, 0.2) is 6.20 Å². The van der Waals surface area contributed by atoms with Crippen molar-refractivity contribution in [1.82, 2.24) is 14.9 Å². The summed E-state index contributed by atoms with van der Waals surface area (Å²) in [5, 5.41) is 0. The van der Waals surface area contributed by atoms with Crippen LogP contribution < -0.4 is 5.73 Å². The van der Waals surface area contributed by atoms with Crippen LogP contribution >= 0.6 is 0 Å². The van der Waals surface area contributed by atoms with E-state index in [4.69, 9.17) is 5.73 Å². The molecule has 0 saturated carbocycles. The van der Waals surface area contributed by atoms with Crippen molar-refractivity contribution in [3.05, 3.63) is 23.3 Å². The first-order valence-electron chi connectivity index (χ1n) is 4.03. The number of carbonyl (C=O) groups excluding carboxylic acids is 2. The fourth-order valence-corrected chi connectivity index (χ4v) is 1.27. The third kappa shape index (κ3) is 1.01. The highest BCUT2D eigenvalue weighted by atomic mass is 16.2. The molecule has 0 radical (unpaired) electrons. The van der Waals surface area contributed by atoms with Crippen LogP contribution in [0, 0.1) is 0 Å². The van der Waals surface area contributed by atoms with Crippen molar-refractivity contribution < 1.29 is 9.59 Å². The van der Waals surface area contributed by atoms with Crippen LogP contribution in [-0.2, 0) is 6.54 Å². The number of hydrogen-bond donors (Lipinski definition) is 1. The Balaban J connectivity index is 2.59. The molecule has 1 aromatic rings. The fourth-order valence-electron chi connectivity index (χ4n) is 1.27. The molecule has 0 saturated heterocycles. The van der Waals surface area contributed by atoms with Crippen LogP contribution in [0.5, 0.6) is 0 Å². The average molecular weight is 192 g/mol. The number of aromatic nitrogens is 2. The molecule has 0 fully saturated rings. The Kier molecular flexibility index (Phi) is 1.78. The zero-order valence-corrected chi connectivity index (χ0v) is 7.52. The van der Waals surface area contributed by atoms with Gasteiger partial charge in [0.25, 0.3) is 11.8 Å². The predicted molar refractivity (Wildman–Crippen MR) is 46.3 cm³/mol.